The number of nitrogens with zero attached hydrogens (tertiary/aromatic N) is 4. The van der Waals surface area contributed by atoms with Crippen molar-refractivity contribution in [2.45, 2.75) is 12.4 Å². The summed E-state index contributed by atoms with van der Waals surface area (Å²) < 4.78 is 175. The quantitative estimate of drug-likeness (QED) is 0.117. The van der Waals surface area contributed by atoms with E-state index < -0.39 is 55.6 Å². The maximum Gasteiger partial charge on any atom is 0.417 e. The molecule has 0 atom stereocenters. The SMILES string of the molecule is FP(F)(F)(F)F.F[C]1C=C(F)C=C=C1c1ccc(C(F)(F)F)cn1.F[C]1C=C(F)C=C=C1c1ccc(C(F)(F)F)cn1.[F-].[Ir].c1ccc(-c2ccccn2)nc1. The molecule has 2 aliphatic carbocycles. The summed E-state index contributed by atoms with van der Waals surface area (Å²) in [6.07, 6.45) is -3.14. The minimum Gasteiger partial charge on any atom is -1.00 e. The molecule has 4 heterocycles. The van der Waals surface area contributed by atoms with Gasteiger partial charge in [0.15, 0.2) is 0 Å². The molecule has 22 heteroatoms. The van der Waals surface area contributed by atoms with Gasteiger partial charge in [0.2, 0.25) is 12.3 Å². The van der Waals surface area contributed by atoms with Gasteiger partial charge in [-0.3, -0.25) is 19.9 Å². The van der Waals surface area contributed by atoms with Crippen LogP contribution < -0.4 is 4.70 Å². The van der Waals surface area contributed by atoms with E-state index in [1.54, 1.807) is 12.4 Å². The standard InChI is InChI=1S/2C12H5F5N.C10H8N2.F5P.FH.Ir/c2*13-8-2-3-9(10(14)5-8)11-4-1-7(6-18-11)12(15,16)17;1-3-7-11-9(5-1)10-6-2-4-8-12-10;1-6(2,3,4)5;;/h2*1-2,4-6H;1-8H;;1H;/p-1. The summed E-state index contributed by atoms with van der Waals surface area (Å²) in [5.74, 6) is -1.63. The van der Waals surface area contributed by atoms with E-state index >= 15 is 0 Å². The van der Waals surface area contributed by atoms with Gasteiger partial charge in [-0.05, 0) is 60.7 Å². The van der Waals surface area contributed by atoms with Crippen LogP contribution in [-0.2, 0) is 32.5 Å². The summed E-state index contributed by atoms with van der Waals surface area (Å²) in [7, 11) is -8.55. The molecular formula is C34H18F16IrN4P-. The van der Waals surface area contributed by atoms with Gasteiger partial charge < -0.3 is 4.70 Å². The number of pyridine rings is 4. The van der Waals surface area contributed by atoms with Crippen LogP contribution in [0, 0.1) is 12.3 Å². The van der Waals surface area contributed by atoms with E-state index in [9.17, 15) is 64.9 Å². The Morgan fingerprint density at radius 1 is 0.482 bits per heavy atom. The minimum absolute atomic E-state index is 0. The van der Waals surface area contributed by atoms with Crippen molar-refractivity contribution < 1.29 is 89.7 Å². The van der Waals surface area contributed by atoms with Gasteiger partial charge in [0.1, 0.15) is 11.7 Å². The largest absolute Gasteiger partial charge is 1.00 e. The molecule has 4 nitrogen and oxygen atoms in total. The van der Waals surface area contributed by atoms with Crippen LogP contribution in [0.1, 0.15) is 22.5 Å². The molecule has 0 saturated heterocycles. The van der Waals surface area contributed by atoms with Crippen LogP contribution in [0.15, 0.2) is 133 Å². The molecule has 0 spiro atoms. The topological polar surface area (TPSA) is 51.6 Å². The Labute approximate surface area is 319 Å². The van der Waals surface area contributed by atoms with Crippen molar-refractivity contribution in [3.05, 3.63) is 168 Å². The van der Waals surface area contributed by atoms with Crippen molar-refractivity contribution in [3.63, 3.8) is 0 Å². The fourth-order valence-corrected chi connectivity index (χ4v) is 3.73. The molecule has 4 aromatic heterocycles. The Morgan fingerprint density at radius 2 is 0.821 bits per heavy atom. The monoisotopic (exact) mass is 1010 g/mol. The predicted octanol–water partition coefficient (Wildman–Crippen LogP) is 10.1. The molecule has 0 N–H and O–H groups in total. The molecule has 2 aliphatic rings. The smallest absolute Gasteiger partial charge is 0.417 e. The Hall–Kier alpha value is -4.92. The van der Waals surface area contributed by atoms with Crippen LogP contribution in [0.5, 0.6) is 0 Å². The first-order chi connectivity index (χ1) is 25.0. The van der Waals surface area contributed by atoms with E-state index in [0.717, 1.165) is 47.8 Å². The van der Waals surface area contributed by atoms with Crippen LogP contribution >= 0.6 is 8.16 Å². The maximum atomic E-state index is 13.3. The van der Waals surface area contributed by atoms with Crippen molar-refractivity contribution in [3.8, 4) is 11.4 Å². The molecule has 0 saturated carbocycles. The number of aromatic nitrogens is 4. The van der Waals surface area contributed by atoms with Crippen molar-refractivity contribution >= 4 is 19.3 Å². The Bertz CT molecular complexity index is 1910. The minimum atomic E-state index is -8.55. The zero-order valence-electron chi connectivity index (χ0n) is 27.0. The number of hydrogen-bond donors (Lipinski definition) is 0. The van der Waals surface area contributed by atoms with Crippen molar-refractivity contribution in [1.82, 2.24) is 19.9 Å². The molecule has 3 radical (unpaired) electrons. The molecule has 0 fully saturated rings. The first kappa shape index (κ1) is 49.1. The zero-order valence-corrected chi connectivity index (χ0v) is 30.3. The number of alkyl halides is 6. The molecule has 301 valence electrons. The van der Waals surface area contributed by atoms with Crippen LogP contribution in [-0.4, -0.2) is 19.9 Å². The molecule has 4 aromatic rings. The first-order valence-electron chi connectivity index (χ1n) is 14.2. The Balaban J connectivity index is 0.000000391. The Kier molecular flexibility index (Phi) is 17.8. The van der Waals surface area contributed by atoms with E-state index in [2.05, 4.69) is 31.4 Å². The summed E-state index contributed by atoms with van der Waals surface area (Å²) >= 11 is 0. The summed E-state index contributed by atoms with van der Waals surface area (Å²) in [5, 5.41) is 0. The fraction of sp³-hybridized carbons (Fsp3) is 0.0588. The summed E-state index contributed by atoms with van der Waals surface area (Å²) in [6, 6.07) is 15.2. The molecule has 0 amide bonds. The van der Waals surface area contributed by atoms with Crippen molar-refractivity contribution in [2.24, 2.45) is 0 Å². The molecule has 0 unspecified atom stereocenters. The number of hydrogen-bond acceptors (Lipinski definition) is 4. The van der Waals surface area contributed by atoms with Crippen LogP contribution in [0.25, 0.3) is 22.5 Å². The van der Waals surface area contributed by atoms with Gasteiger partial charge >= 0.3 is 41.5 Å². The van der Waals surface area contributed by atoms with Crippen LogP contribution in [0.2, 0.25) is 0 Å². The van der Waals surface area contributed by atoms with Gasteiger partial charge in [-0.25, -0.2) is 17.6 Å². The summed E-state index contributed by atoms with van der Waals surface area (Å²) in [6.45, 7) is 0. The number of rotatable bonds is 3. The molecule has 0 aliphatic heterocycles. The van der Waals surface area contributed by atoms with E-state index in [-0.39, 0.29) is 47.3 Å². The van der Waals surface area contributed by atoms with Crippen molar-refractivity contribution in [1.29, 1.82) is 0 Å². The van der Waals surface area contributed by atoms with Gasteiger partial charge in [0.05, 0.1) is 45.0 Å². The zero-order chi connectivity index (χ0) is 40.3. The molecule has 6 rings (SSSR count). The second-order valence-electron chi connectivity index (χ2n) is 10.0. The van der Waals surface area contributed by atoms with E-state index in [0.29, 0.717) is 24.5 Å². The molecule has 56 heavy (non-hydrogen) atoms. The summed E-state index contributed by atoms with van der Waals surface area (Å²) in [4.78, 5) is 15.4. The van der Waals surface area contributed by atoms with E-state index in [1.807, 2.05) is 36.4 Å². The van der Waals surface area contributed by atoms with E-state index in [1.165, 1.54) is 0 Å². The van der Waals surface area contributed by atoms with Crippen molar-refractivity contribution in [2.75, 3.05) is 0 Å². The summed E-state index contributed by atoms with van der Waals surface area (Å²) in [5.41, 5.74) is 4.09. The van der Waals surface area contributed by atoms with Gasteiger partial charge in [0, 0.05) is 57.0 Å². The second-order valence-corrected chi connectivity index (χ2v) is 11.3. The third-order valence-electron chi connectivity index (χ3n) is 6.00. The average Bonchev–Trinajstić information content (AvgIpc) is 3.08. The molecule has 0 bridgehead atoms. The van der Waals surface area contributed by atoms with E-state index in [4.69, 9.17) is 0 Å². The van der Waals surface area contributed by atoms with Gasteiger partial charge in [-0.15, -0.1) is 11.5 Å². The molecular weight excluding hydrogens is 992 g/mol. The first-order valence-corrected chi connectivity index (χ1v) is 15.9. The average molecular weight is 1010 g/mol. The van der Waals surface area contributed by atoms with Crippen LogP contribution in [0.4, 0.5) is 64.9 Å². The third-order valence-corrected chi connectivity index (χ3v) is 6.00. The molecule has 0 aromatic carbocycles. The predicted molar refractivity (Wildman–Crippen MR) is 168 cm³/mol. The maximum absolute atomic E-state index is 13.3. The van der Waals surface area contributed by atoms with Gasteiger partial charge in [-0.2, -0.15) is 26.3 Å². The number of halogens is 16. The van der Waals surface area contributed by atoms with Crippen LogP contribution in [0.3, 0.4) is 0 Å². The number of allylic oxidation sites excluding steroid dienone is 6. The fourth-order valence-electron chi connectivity index (χ4n) is 3.73. The second kappa shape index (κ2) is 20.3. The Morgan fingerprint density at radius 3 is 1.05 bits per heavy atom. The van der Waals surface area contributed by atoms with Gasteiger partial charge in [-0.1, -0.05) is 12.1 Å². The van der Waals surface area contributed by atoms with Gasteiger partial charge in [0.25, 0.3) is 0 Å². The normalized spacial score (nSPS) is 14.7. The third kappa shape index (κ3) is 17.3.